The highest BCUT2D eigenvalue weighted by Gasteiger charge is 2.28. The van der Waals surface area contributed by atoms with Gasteiger partial charge in [0.25, 0.3) is 0 Å². The fourth-order valence-corrected chi connectivity index (χ4v) is 2.44. The van der Waals surface area contributed by atoms with E-state index in [4.69, 9.17) is 0 Å². The lowest BCUT2D eigenvalue weighted by molar-refractivity contribution is -0.0498. The quantitative estimate of drug-likeness (QED) is 0.862. The number of nitrogens with one attached hydrogen (secondary N) is 1. The predicted molar refractivity (Wildman–Crippen MR) is 69.6 cm³/mol. The Morgan fingerprint density at radius 2 is 2.00 bits per heavy atom. The zero-order valence-electron chi connectivity index (χ0n) is 10.7. The molecule has 0 bridgehead atoms. The van der Waals surface area contributed by atoms with Gasteiger partial charge in [-0.3, -0.25) is 0 Å². The molecule has 1 aliphatic carbocycles. The van der Waals surface area contributed by atoms with Gasteiger partial charge in [0.15, 0.2) is 0 Å². The smallest absolute Gasteiger partial charge is 0.387 e. The van der Waals surface area contributed by atoms with Gasteiger partial charge in [-0.05, 0) is 25.0 Å². The number of hydrogen-bond donors (Lipinski definition) is 2. The van der Waals surface area contributed by atoms with Crippen LogP contribution in [0.15, 0.2) is 24.3 Å². The maximum Gasteiger partial charge on any atom is 0.387 e. The van der Waals surface area contributed by atoms with Crippen molar-refractivity contribution in [1.29, 1.82) is 0 Å². The summed E-state index contributed by atoms with van der Waals surface area (Å²) in [6, 6.07) is 6.40. The molecule has 0 unspecified atom stereocenters. The van der Waals surface area contributed by atoms with Crippen LogP contribution in [0.3, 0.4) is 0 Å². The zero-order chi connectivity index (χ0) is 13.7. The van der Waals surface area contributed by atoms with Crippen LogP contribution < -0.4 is 10.1 Å². The summed E-state index contributed by atoms with van der Waals surface area (Å²) in [5, 5.41) is 13.4. The van der Waals surface area contributed by atoms with Gasteiger partial charge in [-0.25, -0.2) is 0 Å². The Bertz CT molecular complexity index is 406. The molecule has 0 spiro atoms. The molecule has 0 radical (unpaired) electrons. The Labute approximate surface area is 111 Å². The van der Waals surface area contributed by atoms with Crippen molar-refractivity contribution in [2.75, 3.05) is 11.9 Å². The van der Waals surface area contributed by atoms with Gasteiger partial charge in [-0.2, -0.15) is 8.78 Å². The molecule has 1 aromatic rings. The van der Waals surface area contributed by atoms with E-state index in [1.165, 1.54) is 18.6 Å². The molecular weight excluding hydrogens is 252 g/mol. The lowest BCUT2D eigenvalue weighted by Crippen LogP contribution is -2.38. The summed E-state index contributed by atoms with van der Waals surface area (Å²) >= 11 is 0. The van der Waals surface area contributed by atoms with E-state index in [0.29, 0.717) is 12.2 Å². The second-order valence-corrected chi connectivity index (χ2v) is 5.04. The van der Waals surface area contributed by atoms with Crippen LogP contribution in [-0.2, 0) is 0 Å². The number of anilines is 1. The van der Waals surface area contributed by atoms with Crippen molar-refractivity contribution in [3.8, 4) is 5.75 Å². The minimum Gasteiger partial charge on any atom is -0.435 e. The van der Waals surface area contributed by atoms with Crippen LogP contribution >= 0.6 is 0 Å². The molecule has 2 rings (SSSR count). The molecule has 1 fully saturated rings. The summed E-state index contributed by atoms with van der Waals surface area (Å²) in [6.45, 7) is -2.39. The molecule has 1 aliphatic rings. The molecule has 0 aromatic heterocycles. The molecule has 0 saturated heterocycles. The first-order valence-corrected chi connectivity index (χ1v) is 6.59. The number of aliphatic hydroxyl groups is 1. The average molecular weight is 271 g/mol. The third-order valence-electron chi connectivity index (χ3n) is 3.47. The minimum atomic E-state index is -2.82. The van der Waals surface area contributed by atoms with Gasteiger partial charge in [0.05, 0.1) is 5.60 Å². The molecule has 0 aliphatic heterocycles. The molecule has 0 heterocycles. The third kappa shape index (κ3) is 4.35. The van der Waals surface area contributed by atoms with E-state index in [1.54, 1.807) is 12.1 Å². The summed E-state index contributed by atoms with van der Waals surface area (Å²) in [5.74, 6) is 0.121. The Morgan fingerprint density at radius 3 is 2.68 bits per heavy atom. The molecule has 3 nitrogen and oxygen atoms in total. The van der Waals surface area contributed by atoms with Gasteiger partial charge in [0, 0.05) is 18.3 Å². The normalized spacial score (nSPS) is 18.3. The van der Waals surface area contributed by atoms with E-state index in [1.807, 2.05) is 0 Å². The van der Waals surface area contributed by atoms with Gasteiger partial charge in [0.2, 0.25) is 0 Å². The van der Waals surface area contributed by atoms with Crippen LogP contribution in [0.25, 0.3) is 0 Å². The standard InChI is InChI=1S/C14H19F2NO2/c15-13(16)19-12-6-4-5-11(9-12)17-10-14(18)7-2-1-3-8-14/h4-6,9,13,17-18H,1-3,7-8,10H2. The molecular formula is C14H19F2NO2. The predicted octanol–water partition coefficient (Wildman–Crippen LogP) is 3.40. The largest absolute Gasteiger partial charge is 0.435 e. The van der Waals surface area contributed by atoms with E-state index in [9.17, 15) is 13.9 Å². The monoisotopic (exact) mass is 271 g/mol. The molecule has 0 amide bonds. The molecule has 1 aromatic carbocycles. The molecule has 1 saturated carbocycles. The van der Waals surface area contributed by atoms with Gasteiger partial charge in [0.1, 0.15) is 5.75 Å². The molecule has 0 atom stereocenters. The number of rotatable bonds is 5. The maximum atomic E-state index is 12.1. The van der Waals surface area contributed by atoms with Crippen molar-refractivity contribution in [2.24, 2.45) is 0 Å². The molecule has 19 heavy (non-hydrogen) atoms. The number of benzene rings is 1. The SMILES string of the molecule is OC1(CNc2cccc(OC(F)F)c2)CCCCC1. The zero-order valence-corrected chi connectivity index (χ0v) is 10.7. The van der Waals surface area contributed by atoms with Crippen LogP contribution in [0.1, 0.15) is 32.1 Å². The van der Waals surface area contributed by atoms with Gasteiger partial charge < -0.3 is 15.2 Å². The Kier molecular flexibility index (Phi) is 4.58. The average Bonchev–Trinajstić information content (AvgIpc) is 2.37. The lowest BCUT2D eigenvalue weighted by Gasteiger charge is -2.32. The minimum absolute atomic E-state index is 0.121. The van der Waals surface area contributed by atoms with Crippen LogP contribution in [-0.4, -0.2) is 23.9 Å². The number of alkyl halides is 2. The lowest BCUT2D eigenvalue weighted by atomic mass is 9.85. The second kappa shape index (κ2) is 6.19. The Morgan fingerprint density at radius 1 is 1.26 bits per heavy atom. The highest BCUT2D eigenvalue weighted by Crippen LogP contribution is 2.28. The first kappa shape index (κ1) is 14.1. The van der Waals surface area contributed by atoms with Crippen molar-refractivity contribution in [2.45, 2.75) is 44.3 Å². The maximum absolute atomic E-state index is 12.1. The van der Waals surface area contributed by atoms with Crippen molar-refractivity contribution in [1.82, 2.24) is 0 Å². The van der Waals surface area contributed by atoms with Crippen LogP contribution in [0, 0.1) is 0 Å². The summed E-state index contributed by atoms with van der Waals surface area (Å²) in [5.41, 5.74) is -0.00480. The van der Waals surface area contributed by atoms with E-state index >= 15 is 0 Å². The summed E-state index contributed by atoms with van der Waals surface area (Å²) in [7, 11) is 0. The van der Waals surface area contributed by atoms with E-state index in [0.717, 1.165) is 25.7 Å². The van der Waals surface area contributed by atoms with Crippen LogP contribution in [0.4, 0.5) is 14.5 Å². The molecule has 2 N–H and O–H groups in total. The number of hydrogen-bond acceptors (Lipinski definition) is 3. The first-order valence-electron chi connectivity index (χ1n) is 6.59. The Hall–Kier alpha value is -1.36. The fraction of sp³-hybridized carbons (Fsp3) is 0.571. The second-order valence-electron chi connectivity index (χ2n) is 5.04. The van der Waals surface area contributed by atoms with Crippen molar-refractivity contribution in [3.05, 3.63) is 24.3 Å². The summed E-state index contributed by atoms with van der Waals surface area (Å²) in [4.78, 5) is 0. The number of halogens is 2. The van der Waals surface area contributed by atoms with Crippen molar-refractivity contribution in [3.63, 3.8) is 0 Å². The molecule has 106 valence electrons. The van der Waals surface area contributed by atoms with E-state index < -0.39 is 12.2 Å². The highest BCUT2D eigenvalue weighted by molar-refractivity contribution is 5.48. The van der Waals surface area contributed by atoms with Crippen LogP contribution in [0.5, 0.6) is 5.75 Å². The molecule has 5 heteroatoms. The fourth-order valence-electron chi connectivity index (χ4n) is 2.44. The summed E-state index contributed by atoms with van der Waals surface area (Å²) < 4.78 is 28.6. The highest BCUT2D eigenvalue weighted by atomic mass is 19.3. The topological polar surface area (TPSA) is 41.5 Å². The van der Waals surface area contributed by atoms with Crippen molar-refractivity contribution < 1.29 is 18.6 Å². The third-order valence-corrected chi connectivity index (χ3v) is 3.47. The first-order chi connectivity index (χ1) is 9.07. The Balaban J connectivity index is 1.91. The van der Waals surface area contributed by atoms with Gasteiger partial charge >= 0.3 is 6.61 Å². The van der Waals surface area contributed by atoms with E-state index in [2.05, 4.69) is 10.1 Å². The van der Waals surface area contributed by atoms with Gasteiger partial charge in [-0.1, -0.05) is 25.3 Å². The van der Waals surface area contributed by atoms with E-state index in [-0.39, 0.29) is 5.75 Å². The van der Waals surface area contributed by atoms with Gasteiger partial charge in [-0.15, -0.1) is 0 Å². The van der Waals surface area contributed by atoms with Crippen LogP contribution in [0.2, 0.25) is 0 Å². The number of ether oxygens (including phenoxy) is 1. The van der Waals surface area contributed by atoms with Crippen molar-refractivity contribution >= 4 is 5.69 Å². The summed E-state index contributed by atoms with van der Waals surface area (Å²) in [6.07, 6.45) is 4.81.